The van der Waals surface area contributed by atoms with Gasteiger partial charge >= 0.3 is 11.9 Å². The first-order chi connectivity index (χ1) is 7.67. The molecule has 4 nitrogen and oxygen atoms in total. The molecular formula is C12H16O4. The maximum atomic E-state index is 11.7. The summed E-state index contributed by atoms with van der Waals surface area (Å²) in [6.07, 6.45) is 3.62. The van der Waals surface area contributed by atoms with Crippen LogP contribution in [0.4, 0.5) is 0 Å². The third kappa shape index (κ3) is 1.72. The summed E-state index contributed by atoms with van der Waals surface area (Å²) in [6.45, 7) is 2.46. The molecule has 0 radical (unpaired) electrons. The van der Waals surface area contributed by atoms with Crippen molar-refractivity contribution < 1.29 is 19.1 Å². The molecule has 0 amide bonds. The highest BCUT2D eigenvalue weighted by Crippen LogP contribution is 2.40. The Balaban J connectivity index is 2.27. The molecule has 0 spiro atoms. The molecule has 0 aromatic heterocycles. The van der Waals surface area contributed by atoms with E-state index in [1.807, 2.05) is 0 Å². The van der Waals surface area contributed by atoms with Crippen molar-refractivity contribution in [1.29, 1.82) is 0 Å². The van der Waals surface area contributed by atoms with Gasteiger partial charge < -0.3 is 9.47 Å². The Morgan fingerprint density at radius 2 is 2.38 bits per heavy atom. The minimum atomic E-state index is -0.357. The first kappa shape index (κ1) is 11.2. The van der Waals surface area contributed by atoms with Crippen LogP contribution in [0.3, 0.4) is 0 Å². The topological polar surface area (TPSA) is 52.6 Å². The van der Waals surface area contributed by atoms with Crippen molar-refractivity contribution in [2.75, 3.05) is 13.7 Å². The van der Waals surface area contributed by atoms with E-state index in [4.69, 9.17) is 9.47 Å². The standard InChI is InChI=1S/C12H16O4/c1-3-7-4-8-6-16-12(14)10(8)9(5-7)11(13)15-2/h4,8-10H,3,5-6H2,1-2H3/t8-,9-,10-/m1/s1. The molecule has 88 valence electrons. The van der Waals surface area contributed by atoms with Gasteiger partial charge in [0.05, 0.1) is 25.6 Å². The third-order valence-electron chi connectivity index (χ3n) is 3.47. The van der Waals surface area contributed by atoms with Crippen LogP contribution in [-0.2, 0) is 19.1 Å². The van der Waals surface area contributed by atoms with Crippen molar-refractivity contribution in [1.82, 2.24) is 0 Å². The normalized spacial score (nSPS) is 32.8. The van der Waals surface area contributed by atoms with E-state index in [1.165, 1.54) is 12.7 Å². The van der Waals surface area contributed by atoms with Crippen molar-refractivity contribution in [3.8, 4) is 0 Å². The molecule has 16 heavy (non-hydrogen) atoms. The van der Waals surface area contributed by atoms with Gasteiger partial charge in [0.1, 0.15) is 0 Å². The Morgan fingerprint density at radius 1 is 1.62 bits per heavy atom. The zero-order valence-electron chi connectivity index (χ0n) is 9.56. The summed E-state index contributed by atoms with van der Waals surface area (Å²) in [7, 11) is 1.36. The molecule has 2 rings (SSSR count). The summed E-state index contributed by atoms with van der Waals surface area (Å²) in [5.74, 6) is -1.19. The van der Waals surface area contributed by atoms with E-state index in [2.05, 4.69) is 13.0 Å². The zero-order valence-corrected chi connectivity index (χ0v) is 9.56. The lowest BCUT2D eigenvalue weighted by Gasteiger charge is -2.27. The molecule has 1 aliphatic carbocycles. The van der Waals surface area contributed by atoms with Crippen molar-refractivity contribution >= 4 is 11.9 Å². The predicted molar refractivity (Wildman–Crippen MR) is 56.4 cm³/mol. The fraction of sp³-hybridized carbons (Fsp3) is 0.667. The largest absolute Gasteiger partial charge is 0.469 e. The maximum absolute atomic E-state index is 11.7. The SMILES string of the molecule is CCC1=C[C@@H]2COC(=O)[C@H]2[C@H](C(=O)OC)C1. The van der Waals surface area contributed by atoms with Gasteiger partial charge in [-0.1, -0.05) is 18.6 Å². The first-order valence-corrected chi connectivity index (χ1v) is 5.61. The molecule has 1 fully saturated rings. The van der Waals surface area contributed by atoms with E-state index in [0.29, 0.717) is 13.0 Å². The number of fused-ring (bicyclic) bond motifs is 1. The average Bonchev–Trinajstić information content (AvgIpc) is 2.69. The summed E-state index contributed by atoms with van der Waals surface area (Å²) < 4.78 is 9.79. The van der Waals surface area contributed by atoms with E-state index >= 15 is 0 Å². The smallest absolute Gasteiger partial charge is 0.310 e. The fourth-order valence-electron chi connectivity index (χ4n) is 2.59. The predicted octanol–water partition coefficient (Wildman–Crippen LogP) is 1.30. The molecule has 1 saturated heterocycles. The quantitative estimate of drug-likeness (QED) is 0.524. The lowest BCUT2D eigenvalue weighted by atomic mass is 9.74. The fourth-order valence-corrected chi connectivity index (χ4v) is 2.59. The van der Waals surface area contributed by atoms with Crippen LogP contribution in [0.1, 0.15) is 19.8 Å². The van der Waals surface area contributed by atoms with Gasteiger partial charge in [0.2, 0.25) is 0 Å². The van der Waals surface area contributed by atoms with Crippen molar-refractivity contribution in [2.45, 2.75) is 19.8 Å². The highest BCUT2D eigenvalue weighted by molar-refractivity contribution is 5.84. The number of ether oxygens (including phenoxy) is 2. The number of allylic oxidation sites excluding steroid dienone is 1. The monoisotopic (exact) mass is 224 g/mol. The molecule has 2 aliphatic rings. The second-order valence-electron chi connectivity index (χ2n) is 4.33. The van der Waals surface area contributed by atoms with Gasteiger partial charge in [0.15, 0.2) is 0 Å². The molecule has 0 saturated carbocycles. The summed E-state index contributed by atoms with van der Waals surface area (Å²) in [5.41, 5.74) is 1.22. The number of carbonyl (C=O) groups is 2. The molecule has 0 aromatic rings. The number of rotatable bonds is 2. The van der Waals surface area contributed by atoms with Gasteiger partial charge in [-0.25, -0.2) is 0 Å². The number of hydrogen-bond acceptors (Lipinski definition) is 4. The molecule has 1 heterocycles. The van der Waals surface area contributed by atoms with E-state index in [1.54, 1.807) is 0 Å². The van der Waals surface area contributed by atoms with Gasteiger partial charge in [-0.05, 0) is 12.8 Å². The van der Waals surface area contributed by atoms with Crippen LogP contribution in [0.15, 0.2) is 11.6 Å². The zero-order chi connectivity index (χ0) is 11.7. The van der Waals surface area contributed by atoms with E-state index in [9.17, 15) is 9.59 Å². The van der Waals surface area contributed by atoms with Crippen molar-refractivity contribution in [2.24, 2.45) is 17.8 Å². The van der Waals surface area contributed by atoms with Crippen LogP contribution in [0.2, 0.25) is 0 Å². The van der Waals surface area contributed by atoms with Gasteiger partial charge in [-0.3, -0.25) is 9.59 Å². The summed E-state index contributed by atoms with van der Waals surface area (Å²) in [5, 5.41) is 0. The Hall–Kier alpha value is -1.32. The Labute approximate surface area is 94.6 Å². The Bertz CT molecular complexity index is 345. The lowest BCUT2D eigenvalue weighted by molar-refractivity contribution is -0.154. The number of cyclic esters (lactones) is 1. The van der Waals surface area contributed by atoms with Crippen molar-refractivity contribution in [3.63, 3.8) is 0 Å². The number of hydrogen-bond donors (Lipinski definition) is 0. The van der Waals surface area contributed by atoms with Crippen LogP contribution >= 0.6 is 0 Å². The first-order valence-electron chi connectivity index (χ1n) is 5.61. The van der Waals surface area contributed by atoms with E-state index in [-0.39, 0.29) is 29.7 Å². The molecule has 4 heteroatoms. The Morgan fingerprint density at radius 3 is 3.00 bits per heavy atom. The van der Waals surface area contributed by atoms with E-state index in [0.717, 1.165) is 6.42 Å². The van der Waals surface area contributed by atoms with Crippen LogP contribution in [0, 0.1) is 17.8 Å². The Kier molecular flexibility index (Phi) is 2.99. The summed E-state index contributed by atoms with van der Waals surface area (Å²) in [6, 6.07) is 0. The second-order valence-corrected chi connectivity index (χ2v) is 4.33. The minimum Gasteiger partial charge on any atom is -0.469 e. The minimum absolute atomic E-state index is 0.0558. The third-order valence-corrected chi connectivity index (χ3v) is 3.47. The number of methoxy groups -OCH3 is 1. The van der Waals surface area contributed by atoms with Crippen LogP contribution in [0.5, 0.6) is 0 Å². The van der Waals surface area contributed by atoms with Crippen LogP contribution < -0.4 is 0 Å². The average molecular weight is 224 g/mol. The van der Waals surface area contributed by atoms with Gasteiger partial charge in [-0.2, -0.15) is 0 Å². The molecule has 0 N–H and O–H groups in total. The van der Waals surface area contributed by atoms with Gasteiger partial charge in [-0.15, -0.1) is 0 Å². The molecule has 0 bridgehead atoms. The van der Waals surface area contributed by atoms with Crippen LogP contribution in [0.25, 0.3) is 0 Å². The van der Waals surface area contributed by atoms with Crippen LogP contribution in [-0.4, -0.2) is 25.7 Å². The second kappa shape index (κ2) is 4.28. The molecular weight excluding hydrogens is 208 g/mol. The molecule has 0 aromatic carbocycles. The van der Waals surface area contributed by atoms with Gasteiger partial charge in [0, 0.05) is 5.92 Å². The lowest BCUT2D eigenvalue weighted by Crippen LogP contribution is -2.34. The highest BCUT2D eigenvalue weighted by Gasteiger charge is 2.47. The molecule has 1 aliphatic heterocycles. The highest BCUT2D eigenvalue weighted by atomic mass is 16.5. The maximum Gasteiger partial charge on any atom is 0.310 e. The summed E-state index contributed by atoms with van der Waals surface area (Å²) >= 11 is 0. The molecule has 3 atom stereocenters. The van der Waals surface area contributed by atoms with E-state index < -0.39 is 0 Å². The number of esters is 2. The number of carbonyl (C=O) groups excluding carboxylic acids is 2. The van der Waals surface area contributed by atoms with Gasteiger partial charge in [0.25, 0.3) is 0 Å². The molecule has 0 unspecified atom stereocenters. The summed E-state index contributed by atoms with van der Waals surface area (Å²) in [4.78, 5) is 23.2. The van der Waals surface area contributed by atoms with Crippen molar-refractivity contribution in [3.05, 3.63) is 11.6 Å².